The molecule has 0 aliphatic carbocycles. The van der Waals surface area contributed by atoms with Gasteiger partial charge in [0, 0.05) is 21.2 Å². The van der Waals surface area contributed by atoms with Crippen LogP contribution in [0, 0.1) is 0 Å². The fraction of sp³-hybridized carbons (Fsp3) is 0.455. The Hall–Kier alpha value is -0.390. The Morgan fingerprint density at radius 2 is 2.00 bits per heavy atom. The van der Waals surface area contributed by atoms with Gasteiger partial charge in [0.15, 0.2) is 0 Å². The Bertz CT molecular complexity index is 271. The Kier molecular flexibility index (Phi) is 4.41. The lowest BCUT2D eigenvalue weighted by Crippen LogP contribution is -2.07. The maximum Gasteiger partial charge on any atom is 0.0459 e. The third-order valence-corrected chi connectivity index (χ3v) is 3.11. The summed E-state index contributed by atoms with van der Waals surface area (Å²) in [5, 5.41) is 1.37. The summed E-state index contributed by atoms with van der Waals surface area (Å²) in [4.78, 5) is 0. The first-order valence-corrected chi connectivity index (χ1v) is 5.64. The van der Waals surface area contributed by atoms with Gasteiger partial charge in [0.25, 0.3) is 0 Å². The van der Waals surface area contributed by atoms with E-state index in [0.29, 0.717) is 8.81 Å². The zero-order chi connectivity index (χ0) is 9.68. The van der Waals surface area contributed by atoms with Crippen molar-refractivity contribution in [1.29, 1.82) is 0 Å². The highest BCUT2D eigenvalue weighted by Crippen LogP contribution is 2.17. The van der Waals surface area contributed by atoms with Gasteiger partial charge in [0.1, 0.15) is 0 Å². The summed E-state index contributed by atoms with van der Waals surface area (Å²) < 4.78 is 5.20. The lowest BCUT2D eigenvalue weighted by molar-refractivity contribution is 0.481. The van der Waals surface area contributed by atoms with Gasteiger partial charge in [-0.15, -0.1) is 0 Å². The molecule has 1 unspecified atom stereocenters. The normalized spacial score (nSPS) is 11.3. The number of benzene rings is 1. The van der Waals surface area contributed by atoms with Crippen LogP contribution in [0.4, 0.5) is 0 Å². The number of hydrogen-bond donors (Lipinski definition) is 0. The first-order valence-electron chi connectivity index (χ1n) is 4.73. The van der Waals surface area contributed by atoms with Gasteiger partial charge in [-0.05, 0) is 24.0 Å². The number of aryl methyl sites for hydroxylation is 1. The first kappa shape index (κ1) is 10.7. The second-order valence-electron chi connectivity index (χ2n) is 2.96. The number of rotatable bonds is 4. The molecule has 0 N–H and O–H groups in total. The quantitative estimate of drug-likeness (QED) is 0.673. The van der Waals surface area contributed by atoms with Crippen LogP contribution in [0.3, 0.4) is 0 Å². The van der Waals surface area contributed by atoms with Crippen LogP contribution < -0.4 is 5.30 Å². The molecule has 0 heterocycles. The van der Waals surface area contributed by atoms with Crippen LogP contribution in [0.25, 0.3) is 0 Å². The van der Waals surface area contributed by atoms with E-state index >= 15 is 0 Å². The Balaban J connectivity index is 3.03. The van der Waals surface area contributed by atoms with Gasteiger partial charge >= 0.3 is 0 Å². The van der Waals surface area contributed by atoms with Gasteiger partial charge in [-0.25, -0.2) is 0 Å². The van der Waals surface area contributed by atoms with Gasteiger partial charge in [-0.1, -0.05) is 32.0 Å². The Morgan fingerprint density at radius 1 is 1.23 bits per heavy atom. The molecule has 0 amide bonds. The van der Waals surface area contributed by atoms with Crippen molar-refractivity contribution in [1.82, 2.24) is 0 Å². The minimum absolute atomic E-state index is 0.492. The maximum atomic E-state index is 5.20. The smallest absolute Gasteiger partial charge is 0.0459 e. The lowest BCUT2D eigenvalue weighted by atomic mass is 10.0. The SMILES string of the molecule is CCc1cccc(POC)c1CC. The van der Waals surface area contributed by atoms with E-state index in [1.54, 1.807) is 7.11 Å². The van der Waals surface area contributed by atoms with E-state index in [-0.39, 0.29) is 0 Å². The van der Waals surface area contributed by atoms with Gasteiger partial charge in [-0.3, -0.25) is 0 Å². The molecular weight excluding hydrogens is 179 g/mol. The fourth-order valence-electron chi connectivity index (χ4n) is 1.59. The molecule has 1 rings (SSSR count). The molecule has 0 radical (unpaired) electrons. The van der Waals surface area contributed by atoms with E-state index in [0.717, 1.165) is 12.8 Å². The predicted molar refractivity (Wildman–Crippen MR) is 60.2 cm³/mol. The number of hydrogen-bond acceptors (Lipinski definition) is 1. The zero-order valence-electron chi connectivity index (χ0n) is 8.55. The summed E-state index contributed by atoms with van der Waals surface area (Å²) in [7, 11) is 2.25. The Morgan fingerprint density at radius 3 is 2.54 bits per heavy atom. The van der Waals surface area contributed by atoms with Crippen LogP contribution in [-0.2, 0) is 17.4 Å². The molecule has 0 aliphatic rings. The van der Waals surface area contributed by atoms with E-state index in [1.807, 2.05) is 0 Å². The molecule has 0 aromatic heterocycles. The third-order valence-electron chi connectivity index (χ3n) is 2.22. The monoisotopic (exact) mass is 196 g/mol. The molecule has 2 heteroatoms. The summed E-state index contributed by atoms with van der Waals surface area (Å²) >= 11 is 0. The molecule has 0 saturated heterocycles. The molecule has 0 fully saturated rings. The molecule has 1 aromatic rings. The molecule has 1 atom stereocenters. The average Bonchev–Trinajstić information content (AvgIpc) is 2.18. The van der Waals surface area contributed by atoms with Crippen LogP contribution in [0.5, 0.6) is 0 Å². The highest BCUT2D eigenvalue weighted by atomic mass is 31.1. The molecule has 0 spiro atoms. The molecule has 72 valence electrons. The summed E-state index contributed by atoms with van der Waals surface area (Å²) in [6.45, 7) is 4.41. The summed E-state index contributed by atoms with van der Waals surface area (Å²) in [5.41, 5.74) is 2.94. The van der Waals surface area contributed by atoms with Crippen molar-refractivity contribution in [3.05, 3.63) is 29.3 Å². The molecule has 13 heavy (non-hydrogen) atoms. The van der Waals surface area contributed by atoms with Crippen LogP contribution in [0.15, 0.2) is 18.2 Å². The van der Waals surface area contributed by atoms with Gasteiger partial charge < -0.3 is 4.52 Å². The van der Waals surface area contributed by atoms with Crippen LogP contribution in [-0.4, -0.2) is 7.11 Å². The zero-order valence-corrected chi connectivity index (χ0v) is 9.55. The van der Waals surface area contributed by atoms with Gasteiger partial charge in [-0.2, -0.15) is 0 Å². The van der Waals surface area contributed by atoms with Crippen molar-refractivity contribution in [2.75, 3.05) is 7.11 Å². The minimum atomic E-state index is 0.492. The van der Waals surface area contributed by atoms with E-state index in [1.165, 1.54) is 16.4 Å². The summed E-state index contributed by atoms with van der Waals surface area (Å²) in [6, 6.07) is 6.50. The van der Waals surface area contributed by atoms with E-state index in [2.05, 4.69) is 32.0 Å². The van der Waals surface area contributed by atoms with Gasteiger partial charge in [0.05, 0.1) is 0 Å². The molecule has 0 aliphatic heterocycles. The van der Waals surface area contributed by atoms with Gasteiger partial charge in [0.2, 0.25) is 0 Å². The predicted octanol–water partition coefficient (Wildman–Crippen LogP) is 2.68. The van der Waals surface area contributed by atoms with Crippen molar-refractivity contribution in [2.45, 2.75) is 26.7 Å². The summed E-state index contributed by atoms with van der Waals surface area (Å²) in [5.74, 6) is 0. The van der Waals surface area contributed by atoms with Crippen molar-refractivity contribution in [3.63, 3.8) is 0 Å². The Labute approximate surface area is 82.4 Å². The maximum absolute atomic E-state index is 5.20. The fourth-order valence-corrected chi connectivity index (χ4v) is 2.43. The highest BCUT2D eigenvalue weighted by Gasteiger charge is 2.04. The summed E-state index contributed by atoms with van der Waals surface area (Å²) in [6.07, 6.45) is 2.22. The lowest BCUT2D eigenvalue weighted by Gasteiger charge is -2.10. The second-order valence-corrected chi connectivity index (χ2v) is 4.11. The third kappa shape index (κ3) is 2.52. The highest BCUT2D eigenvalue weighted by molar-refractivity contribution is 7.42. The van der Waals surface area contributed by atoms with Crippen molar-refractivity contribution in [3.8, 4) is 0 Å². The molecule has 0 bridgehead atoms. The van der Waals surface area contributed by atoms with E-state index in [9.17, 15) is 0 Å². The second kappa shape index (κ2) is 5.36. The van der Waals surface area contributed by atoms with Crippen molar-refractivity contribution >= 4 is 14.1 Å². The van der Waals surface area contributed by atoms with Crippen LogP contribution >= 0.6 is 8.81 Å². The topological polar surface area (TPSA) is 9.23 Å². The standard InChI is InChI=1S/C11H17OP/c1-4-9-7-6-8-11(13-12-3)10(9)5-2/h6-8,13H,4-5H2,1-3H3. The molecule has 1 nitrogen and oxygen atoms in total. The van der Waals surface area contributed by atoms with Crippen LogP contribution in [0.1, 0.15) is 25.0 Å². The first-order chi connectivity index (χ1) is 6.33. The van der Waals surface area contributed by atoms with Crippen LogP contribution in [0.2, 0.25) is 0 Å². The molecular formula is C11H17OP. The van der Waals surface area contributed by atoms with Crippen molar-refractivity contribution < 1.29 is 4.52 Å². The minimum Gasteiger partial charge on any atom is -0.361 e. The molecule has 0 saturated carbocycles. The van der Waals surface area contributed by atoms with Crippen molar-refractivity contribution in [2.24, 2.45) is 0 Å². The largest absolute Gasteiger partial charge is 0.361 e. The van der Waals surface area contributed by atoms with E-state index < -0.39 is 0 Å². The van der Waals surface area contributed by atoms with E-state index in [4.69, 9.17) is 4.52 Å². The molecule has 1 aromatic carbocycles. The average molecular weight is 196 g/mol.